The summed E-state index contributed by atoms with van der Waals surface area (Å²) in [6, 6.07) is 4.63. The first-order chi connectivity index (χ1) is 12.3. The van der Waals surface area contributed by atoms with Gasteiger partial charge in [-0.1, -0.05) is 12.8 Å². The summed E-state index contributed by atoms with van der Waals surface area (Å²) >= 11 is 0. The van der Waals surface area contributed by atoms with E-state index in [0.29, 0.717) is 5.75 Å². The van der Waals surface area contributed by atoms with Crippen molar-refractivity contribution in [3.05, 3.63) is 30.1 Å². The van der Waals surface area contributed by atoms with Gasteiger partial charge in [-0.15, -0.1) is 0 Å². The van der Waals surface area contributed by atoms with Crippen molar-refractivity contribution in [3.8, 4) is 5.75 Å². The number of hydrogen-bond acceptors (Lipinski definition) is 5. The van der Waals surface area contributed by atoms with Crippen LogP contribution in [-0.4, -0.2) is 36.2 Å². The molecule has 0 radical (unpaired) electrons. The molecule has 1 fully saturated rings. The fraction of sp³-hybridized carbons (Fsp3) is 0.500. The highest BCUT2D eigenvalue weighted by atomic mass is 19.1. The molecule has 0 aromatic heterocycles. The number of rotatable bonds is 6. The number of benzene rings is 1. The van der Waals surface area contributed by atoms with E-state index >= 15 is 0 Å². The van der Waals surface area contributed by atoms with Crippen LogP contribution >= 0.6 is 0 Å². The summed E-state index contributed by atoms with van der Waals surface area (Å²) in [5, 5.41) is 4.87. The van der Waals surface area contributed by atoms with E-state index < -0.39 is 35.9 Å². The van der Waals surface area contributed by atoms with Crippen LogP contribution in [-0.2, 0) is 14.3 Å². The zero-order chi connectivity index (χ0) is 19.1. The summed E-state index contributed by atoms with van der Waals surface area (Å²) in [7, 11) is 0. The Morgan fingerprint density at radius 3 is 2.31 bits per heavy atom. The molecule has 2 atom stereocenters. The molecule has 0 unspecified atom stereocenters. The lowest BCUT2D eigenvalue weighted by molar-refractivity contribution is -0.160. The minimum atomic E-state index is -1.16. The third-order valence-corrected chi connectivity index (χ3v) is 4.05. The number of hydrogen-bond donors (Lipinski definition) is 2. The summed E-state index contributed by atoms with van der Waals surface area (Å²) in [5.41, 5.74) is 0. The quantitative estimate of drug-likeness (QED) is 0.754. The topological polar surface area (TPSA) is 93.7 Å². The van der Waals surface area contributed by atoms with E-state index in [-0.39, 0.29) is 6.04 Å². The molecule has 0 heterocycles. The predicted molar refractivity (Wildman–Crippen MR) is 91.0 cm³/mol. The van der Waals surface area contributed by atoms with Crippen LogP contribution in [0.1, 0.15) is 39.5 Å². The molecule has 2 N–H and O–H groups in total. The van der Waals surface area contributed by atoms with Gasteiger partial charge in [-0.25, -0.2) is 14.0 Å². The van der Waals surface area contributed by atoms with Crippen molar-refractivity contribution >= 4 is 17.9 Å². The number of ether oxygens (including phenoxy) is 2. The molecule has 3 amide bonds. The maximum atomic E-state index is 12.9. The van der Waals surface area contributed by atoms with Crippen LogP contribution < -0.4 is 15.4 Å². The Kier molecular flexibility index (Phi) is 6.94. The number of amides is 3. The molecule has 0 bridgehead atoms. The number of halogens is 1. The summed E-state index contributed by atoms with van der Waals surface area (Å²) in [5.74, 6) is -1.62. The lowest BCUT2D eigenvalue weighted by atomic mass is 10.2. The molecular formula is C18H23FN2O5. The molecule has 2 rings (SSSR count). The standard InChI is InChI=1S/C18H23FN2O5/c1-11(16(22)21-18(24)20-14-5-3-4-6-14)26-17(23)12(2)25-15-9-7-13(19)8-10-15/h7-12,14H,3-6H2,1-2H3,(H2,20,21,22,24)/t11-,12-/m0/s1. The molecule has 0 saturated heterocycles. The Balaban J connectivity index is 1.76. The van der Waals surface area contributed by atoms with E-state index in [1.54, 1.807) is 0 Å². The van der Waals surface area contributed by atoms with E-state index in [0.717, 1.165) is 25.7 Å². The van der Waals surface area contributed by atoms with Gasteiger partial charge in [0.2, 0.25) is 0 Å². The first-order valence-corrected chi connectivity index (χ1v) is 8.59. The fourth-order valence-corrected chi connectivity index (χ4v) is 2.59. The highest BCUT2D eigenvalue weighted by Gasteiger charge is 2.25. The van der Waals surface area contributed by atoms with Crippen LogP contribution in [0.2, 0.25) is 0 Å². The maximum absolute atomic E-state index is 12.9. The molecule has 1 aliphatic rings. The molecule has 1 aliphatic carbocycles. The van der Waals surface area contributed by atoms with Crippen LogP contribution in [0.25, 0.3) is 0 Å². The smallest absolute Gasteiger partial charge is 0.347 e. The van der Waals surface area contributed by atoms with E-state index in [4.69, 9.17) is 9.47 Å². The van der Waals surface area contributed by atoms with Gasteiger partial charge in [-0.05, 0) is 51.0 Å². The van der Waals surface area contributed by atoms with E-state index in [9.17, 15) is 18.8 Å². The molecule has 8 heteroatoms. The van der Waals surface area contributed by atoms with Gasteiger partial charge in [-0.2, -0.15) is 0 Å². The third kappa shape index (κ3) is 6.02. The second-order valence-corrected chi connectivity index (χ2v) is 6.24. The van der Waals surface area contributed by atoms with Gasteiger partial charge in [-0.3, -0.25) is 10.1 Å². The van der Waals surface area contributed by atoms with Crippen LogP contribution in [0.3, 0.4) is 0 Å². The molecule has 0 spiro atoms. The molecule has 142 valence electrons. The molecule has 26 heavy (non-hydrogen) atoms. The minimum absolute atomic E-state index is 0.0739. The molecule has 1 saturated carbocycles. The van der Waals surface area contributed by atoms with Gasteiger partial charge in [0.25, 0.3) is 5.91 Å². The van der Waals surface area contributed by atoms with Crippen LogP contribution in [0.4, 0.5) is 9.18 Å². The molecule has 1 aromatic rings. The van der Waals surface area contributed by atoms with Gasteiger partial charge >= 0.3 is 12.0 Å². The van der Waals surface area contributed by atoms with Crippen molar-refractivity contribution in [1.82, 2.24) is 10.6 Å². The Labute approximate surface area is 151 Å². The van der Waals surface area contributed by atoms with Gasteiger partial charge < -0.3 is 14.8 Å². The average Bonchev–Trinajstić information content (AvgIpc) is 3.09. The van der Waals surface area contributed by atoms with Crippen molar-refractivity contribution < 1.29 is 28.2 Å². The minimum Gasteiger partial charge on any atom is -0.479 e. The fourth-order valence-electron chi connectivity index (χ4n) is 2.59. The van der Waals surface area contributed by atoms with Crippen molar-refractivity contribution in [2.24, 2.45) is 0 Å². The zero-order valence-corrected chi connectivity index (χ0v) is 14.8. The Morgan fingerprint density at radius 1 is 1.08 bits per heavy atom. The van der Waals surface area contributed by atoms with Gasteiger partial charge in [0.15, 0.2) is 12.2 Å². The van der Waals surface area contributed by atoms with E-state index in [2.05, 4.69) is 10.6 Å². The molecular weight excluding hydrogens is 343 g/mol. The van der Waals surface area contributed by atoms with Crippen molar-refractivity contribution in [2.75, 3.05) is 0 Å². The third-order valence-electron chi connectivity index (χ3n) is 4.05. The van der Waals surface area contributed by atoms with Gasteiger partial charge in [0, 0.05) is 6.04 Å². The van der Waals surface area contributed by atoms with Crippen LogP contribution in [0, 0.1) is 5.82 Å². The number of urea groups is 1. The number of imide groups is 1. The Morgan fingerprint density at radius 2 is 1.69 bits per heavy atom. The van der Waals surface area contributed by atoms with Crippen molar-refractivity contribution in [2.45, 2.75) is 57.8 Å². The molecule has 1 aromatic carbocycles. The SMILES string of the molecule is C[C@H](OC(=O)[C@H](C)Oc1ccc(F)cc1)C(=O)NC(=O)NC1CCCC1. The second kappa shape index (κ2) is 9.17. The highest BCUT2D eigenvalue weighted by molar-refractivity contribution is 5.97. The van der Waals surface area contributed by atoms with Gasteiger partial charge in [0.1, 0.15) is 11.6 Å². The number of carbonyl (C=O) groups excluding carboxylic acids is 3. The monoisotopic (exact) mass is 366 g/mol. The molecule has 7 nitrogen and oxygen atoms in total. The number of nitrogens with one attached hydrogen (secondary N) is 2. The lowest BCUT2D eigenvalue weighted by Gasteiger charge is -2.18. The number of carbonyl (C=O) groups is 3. The summed E-state index contributed by atoms with van der Waals surface area (Å²) < 4.78 is 23.2. The number of esters is 1. The lowest BCUT2D eigenvalue weighted by Crippen LogP contribution is -2.47. The van der Waals surface area contributed by atoms with Crippen molar-refractivity contribution in [3.63, 3.8) is 0 Å². The Bertz CT molecular complexity index is 643. The van der Waals surface area contributed by atoms with Crippen LogP contribution in [0.5, 0.6) is 5.75 Å². The maximum Gasteiger partial charge on any atom is 0.347 e. The summed E-state index contributed by atoms with van der Waals surface area (Å²) in [6.07, 6.45) is 1.74. The second-order valence-electron chi connectivity index (χ2n) is 6.24. The largest absolute Gasteiger partial charge is 0.479 e. The molecule has 0 aliphatic heterocycles. The van der Waals surface area contributed by atoms with E-state index in [1.165, 1.54) is 38.1 Å². The van der Waals surface area contributed by atoms with Gasteiger partial charge in [0.05, 0.1) is 0 Å². The van der Waals surface area contributed by atoms with Crippen molar-refractivity contribution in [1.29, 1.82) is 0 Å². The average molecular weight is 366 g/mol. The predicted octanol–water partition coefficient (Wildman–Crippen LogP) is 2.29. The summed E-state index contributed by atoms with van der Waals surface area (Å²) in [6.45, 7) is 2.81. The Hall–Kier alpha value is -2.64. The van der Waals surface area contributed by atoms with Crippen LogP contribution in [0.15, 0.2) is 24.3 Å². The normalized spacial score (nSPS) is 16.4. The van der Waals surface area contributed by atoms with E-state index in [1.807, 2.05) is 0 Å². The summed E-state index contributed by atoms with van der Waals surface area (Å²) in [4.78, 5) is 35.7. The zero-order valence-electron chi connectivity index (χ0n) is 14.8. The first-order valence-electron chi connectivity index (χ1n) is 8.59. The first kappa shape index (κ1) is 19.7. The highest BCUT2D eigenvalue weighted by Crippen LogP contribution is 2.17.